The molecule has 5 nitrogen and oxygen atoms in total. The molecular weight excluding hydrogens is 513 g/mol. The van der Waals surface area contributed by atoms with E-state index in [2.05, 4.69) is 58.3 Å². The van der Waals surface area contributed by atoms with E-state index in [1.807, 2.05) is 66.2 Å². The monoisotopic (exact) mass is 535 g/mol. The van der Waals surface area contributed by atoms with E-state index in [-0.39, 0.29) is 6.04 Å². The van der Waals surface area contributed by atoms with Crippen LogP contribution in [0.25, 0.3) is 5.69 Å². The summed E-state index contributed by atoms with van der Waals surface area (Å²) < 4.78 is 1.93. The van der Waals surface area contributed by atoms with Gasteiger partial charge < -0.3 is 4.90 Å². The van der Waals surface area contributed by atoms with Gasteiger partial charge in [-0.1, -0.05) is 96.0 Å². The van der Waals surface area contributed by atoms with Crippen molar-refractivity contribution in [3.8, 4) is 5.69 Å². The second kappa shape index (κ2) is 9.05. The molecule has 3 heterocycles. The maximum atomic E-state index is 6.91. The van der Waals surface area contributed by atoms with Crippen molar-refractivity contribution in [3.63, 3.8) is 0 Å². The van der Waals surface area contributed by atoms with Crippen LogP contribution in [-0.4, -0.2) is 15.7 Å². The van der Waals surface area contributed by atoms with Crippen LogP contribution in [0.15, 0.2) is 108 Å². The highest BCUT2D eigenvalue weighted by atomic mass is 35.5. The van der Waals surface area contributed by atoms with Crippen LogP contribution in [0.2, 0.25) is 10.0 Å². The number of fused-ring (bicyclic) bond motifs is 4. The molecule has 7 heteroatoms. The number of guanidine groups is 1. The fraction of sp³-hybridized carbons (Fsp3) is 0.0968. The quantitative estimate of drug-likeness (QED) is 0.233. The van der Waals surface area contributed by atoms with E-state index in [9.17, 15) is 0 Å². The number of aromatic nitrogens is 2. The summed E-state index contributed by atoms with van der Waals surface area (Å²) in [7, 11) is 0. The van der Waals surface area contributed by atoms with E-state index in [4.69, 9.17) is 33.3 Å². The zero-order valence-corrected chi connectivity index (χ0v) is 22.1. The summed E-state index contributed by atoms with van der Waals surface area (Å²) in [6, 6.07) is 34.6. The number of halogens is 2. The van der Waals surface area contributed by atoms with Crippen LogP contribution in [-0.2, 0) is 6.54 Å². The molecule has 0 saturated heterocycles. The van der Waals surface area contributed by atoms with Gasteiger partial charge in [-0.05, 0) is 48.4 Å². The first-order valence-corrected chi connectivity index (χ1v) is 13.2. The number of para-hydroxylation sites is 3. The molecule has 4 aromatic carbocycles. The van der Waals surface area contributed by atoms with Crippen LogP contribution in [0.5, 0.6) is 0 Å². The number of aliphatic imine (C=N–C) groups is 1. The molecule has 0 saturated carbocycles. The fourth-order valence-electron chi connectivity index (χ4n) is 5.49. The van der Waals surface area contributed by atoms with Crippen LogP contribution >= 0.6 is 23.2 Å². The van der Waals surface area contributed by atoms with Crippen molar-refractivity contribution in [2.75, 3.05) is 9.80 Å². The summed E-state index contributed by atoms with van der Waals surface area (Å²) in [5.74, 6) is 1.63. The first-order chi connectivity index (χ1) is 18.6. The van der Waals surface area contributed by atoms with Crippen molar-refractivity contribution >= 4 is 46.4 Å². The van der Waals surface area contributed by atoms with Gasteiger partial charge >= 0.3 is 0 Å². The molecule has 0 unspecified atom stereocenters. The molecule has 0 bridgehead atoms. The smallest absolute Gasteiger partial charge is 0.213 e. The van der Waals surface area contributed by atoms with E-state index in [0.717, 1.165) is 45.7 Å². The van der Waals surface area contributed by atoms with Crippen molar-refractivity contribution in [3.05, 3.63) is 136 Å². The van der Waals surface area contributed by atoms with E-state index in [0.29, 0.717) is 16.6 Å². The van der Waals surface area contributed by atoms with Crippen molar-refractivity contribution in [1.29, 1.82) is 0 Å². The Hall–Kier alpha value is -4.06. The topological polar surface area (TPSA) is 36.7 Å². The molecule has 5 aromatic rings. The Morgan fingerprint density at radius 3 is 2.21 bits per heavy atom. The molecular formula is C31H23Cl2N5. The molecule has 0 N–H and O–H groups in total. The highest BCUT2D eigenvalue weighted by molar-refractivity contribution is 6.42. The number of anilines is 2. The molecule has 1 atom stereocenters. The lowest BCUT2D eigenvalue weighted by atomic mass is 9.95. The van der Waals surface area contributed by atoms with Gasteiger partial charge in [-0.15, -0.1) is 0 Å². The normalized spacial score (nSPS) is 15.7. The first kappa shape index (κ1) is 23.1. The third kappa shape index (κ3) is 3.54. The van der Waals surface area contributed by atoms with Crippen molar-refractivity contribution < 1.29 is 0 Å². The van der Waals surface area contributed by atoms with E-state index in [1.54, 1.807) is 0 Å². The molecule has 0 amide bonds. The summed E-state index contributed by atoms with van der Waals surface area (Å²) in [4.78, 5) is 9.87. The molecule has 0 fully saturated rings. The minimum atomic E-state index is -0.261. The highest BCUT2D eigenvalue weighted by Gasteiger charge is 2.45. The molecule has 0 aliphatic carbocycles. The summed E-state index contributed by atoms with van der Waals surface area (Å²) >= 11 is 13.5. The zero-order chi connectivity index (χ0) is 25.8. The molecule has 2 aliphatic rings. The lowest BCUT2D eigenvalue weighted by molar-refractivity contribution is 0.811. The summed E-state index contributed by atoms with van der Waals surface area (Å²) in [6.45, 7) is 2.71. The van der Waals surface area contributed by atoms with Gasteiger partial charge in [0.05, 0.1) is 45.4 Å². The Balaban J connectivity index is 1.51. The Morgan fingerprint density at radius 2 is 1.45 bits per heavy atom. The summed E-state index contributed by atoms with van der Waals surface area (Å²) in [5, 5.41) is 6.03. The van der Waals surface area contributed by atoms with Gasteiger partial charge in [0.25, 0.3) is 0 Å². The van der Waals surface area contributed by atoms with E-state index >= 15 is 0 Å². The molecule has 1 aromatic heterocycles. The number of nitrogens with zero attached hydrogens (tertiary/aromatic N) is 5. The molecule has 0 spiro atoms. The Bertz CT molecular complexity index is 1690. The van der Waals surface area contributed by atoms with Gasteiger partial charge in [0, 0.05) is 5.56 Å². The van der Waals surface area contributed by atoms with Gasteiger partial charge in [-0.3, -0.25) is 4.90 Å². The minimum absolute atomic E-state index is 0.261. The van der Waals surface area contributed by atoms with Crippen molar-refractivity contribution in [1.82, 2.24) is 9.78 Å². The standard InChI is InChI=1S/C31H23Cl2N5/c1-20-27-29(23-15-10-16-24(32)28(23)33)37-26-18-9-8-17-25(26)36(19-21-11-4-2-5-12-21)31(37)34-30(27)38(35-20)22-13-6-3-7-14-22/h2-18,29H,19H2,1H3/t29-/m1/s1. The average Bonchev–Trinajstić information content (AvgIpc) is 3.45. The number of aryl methyl sites for hydroxylation is 1. The minimum Gasteiger partial charge on any atom is -0.305 e. The third-order valence-electron chi connectivity index (χ3n) is 7.17. The van der Waals surface area contributed by atoms with Gasteiger partial charge in [0.2, 0.25) is 5.96 Å². The van der Waals surface area contributed by atoms with Crippen molar-refractivity contribution in [2.24, 2.45) is 4.99 Å². The fourth-order valence-corrected chi connectivity index (χ4v) is 5.90. The zero-order valence-electron chi connectivity index (χ0n) is 20.6. The Labute approximate surface area is 231 Å². The van der Waals surface area contributed by atoms with Gasteiger partial charge in [-0.2, -0.15) is 10.1 Å². The Morgan fingerprint density at radius 1 is 0.763 bits per heavy atom. The maximum absolute atomic E-state index is 6.91. The third-order valence-corrected chi connectivity index (χ3v) is 8.00. The van der Waals surface area contributed by atoms with Crippen LogP contribution in [0.1, 0.15) is 28.4 Å². The number of benzene rings is 4. The SMILES string of the molecule is Cc1nn(-c2ccccc2)c2c1[C@@H](c1cccc(Cl)c1Cl)N1C(=N2)N(Cc2ccccc2)c2ccccc21. The van der Waals surface area contributed by atoms with Crippen molar-refractivity contribution in [2.45, 2.75) is 19.5 Å². The molecule has 2 aliphatic heterocycles. The first-order valence-electron chi connectivity index (χ1n) is 12.5. The number of hydrogen-bond donors (Lipinski definition) is 0. The predicted molar refractivity (Wildman–Crippen MR) is 155 cm³/mol. The largest absolute Gasteiger partial charge is 0.305 e. The predicted octanol–water partition coefficient (Wildman–Crippen LogP) is 8.10. The lowest BCUT2D eigenvalue weighted by Crippen LogP contribution is -2.43. The molecule has 7 rings (SSSR count). The second-order valence-electron chi connectivity index (χ2n) is 9.46. The van der Waals surface area contributed by atoms with Gasteiger partial charge in [0.1, 0.15) is 0 Å². The van der Waals surface area contributed by atoms with Crippen LogP contribution < -0.4 is 9.80 Å². The summed E-state index contributed by atoms with van der Waals surface area (Å²) in [5.41, 5.74) is 7.14. The summed E-state index contributed by atoms with van der Waals surface area (Å²) in [6.07, 6.45) is 0. The van der Waals surface area contributed by atoms with Crippen LogP contribution in [0.4, 0.5) is 17.2 Å². The average molecular weight is 536 g/mol. The highest BCUT2D eigenvalue weighted by Crippen LogP contribution is 2.52. The van der Waals surface area contributed by atoms with E-state index < -0.39 is 0 Å². The number of rotatable bonds is 4. The Kier molecular flexibility index (Phi) is 5.50. The lowest BCUT2D eigenvalue weighted by Gasteiger charge is -2.35. The van der Waals surface area contributed by atoms with E-state index in [1.165, 1.54) is 5.56 Å². The van der Waals surface area contributed by atoms with Crippen LogP contribution in [0, 0.1) is 6.92 Å². The van der Waals surface area contributed by atoms with Gasteiger partial charge in [0.15, 0.2) is 5.82 Å². The second-order valence-corrected chi connectivity index (χ2v) is 10.2. The maximum Gasteiger partial charge on any atom is 0.213 e. The molecule has 0 radical (unpaired) electrons. The van der Waals surface area contributed by atoms with Crippen LogP contribution in [0.3, 0.4) is 0 Å². The molecule has 38 heavy (non-hydrogen) atoms. The number of hydrogen-bond acceptors (Lipinski definition) is 4. The molecule has 186 valence electrons. The van der Waals surface area contributed by atoms with Gasteiger partial charge in [-0.25, -0.2) is 4.68 Å².